The van der Waals surface area contributed by atoms with E-state index in [2.05, 4.69) is 10.0 Å². The first-order valence-electron chi connectivity index (χ1n) is 4.44. The minimum atomic E-state index is -0.310. The van der Waals surface area contributed by atoms with Crippen LogP contribution in [0.25, 0.3) is 16.5 Å². The maximum absolute atomic E-state index is 12.9. The summed E-state index contributed by atoms with van der Waals surface area (Å²) in [6, 6.07) is 4.41. The van der Waals surface area contributed by atoms with Crippen molar-refractivity contribution >= 4 is 6.08 Å². The van der Waals surface area contributed by atoms with E-state index >= 15 is 0 Å². The van der Waals surface area contributed by atoms with Crippen molar-refractivity contribution < 1.29 is 4.39 Å². The van der Waals surface area contributed by atoms with Crippen LogP contribution in [-0.2, 0) is 6.54 Å². The van der Waals surface area contributed by atoms with Crippen molar-refractivity contribution in [3.05, 3.63) is 51.7 Å². The van der Waals surface area contributed by atoms with Crippen LogP contribution in [0.4, 0.5) is 4.39 Å². The summed E-state index contributed by atoms with van der Waals surface area (Å²) >= 11 is 0. The van der Waals surface area contributed by atoms with Gasteiger partial charge < -0.3 is 5.73 Å². The maximum Gasteiger partial charge on any atom is 0.123 e. The molecule has 0 saturated carbocycles. The molecule has 0 amide bonds. The molecule has 0 atom stereocenters. The number of azide groups is 1. The molecule has 15 heavy (non-hydrogen) atoms. The fourth-order valence-corrected chi connectivity index (χ4v) is 1.17. The first kappa shape index (κ1) is 11.2. The third kappa shape index (κ3) is 3.42. The summed E-state index contributed by atoms with van der Waals surface area (Å²) in [6.07, 6.45) is 3.35. The van der Waals surface area contributed by atoms with Crippen molar-refractivity contribution in [1.82, 2.24) is 0 Å². The Morgan fingerprint density at radius 1 is 1.53 bits per heavy atom. The summed E-state index contributed by atoms with van der Waals surface area (Å²) in [4.78, 5) is 2.60. The Kier molecular flexibility index (Phi) is 4.34. The summed E-state index contributed by atoms with van der Waals surface area (Å²) in [5, 5.41) is 3.33. The second-order valence-electron chi connectivity index (χ2n) is 2.86. The van der Waals surface area contributed by atoms with Crippen molar-refractivity contribution in [3.63, 3.8) is 0 Å². The fraction of sp³-hybridized carbons (Fsp3) is 0.200. The van der Waals surface area contributed by atoms with E-state index in [0.29, 0.717) is 12.1 Å². The average molecular weight is 206 g/mol. The molecule has 0 unspecified atom stereocenters. The predicted molar refractivity (Wildman–Crippen MR) is 57.3 cm³/mol. The van der Waals surface area contributed by atoms with Crippen molar-refractivity contribution in [2.75, 3.05) is 6.54 Å². The normalized spacial score (nSPS) is 10.3. The molecule has 0 saturated heterocycles. The smallest absolute Gasteiger partial charge is 0.123 e. The number of nitrogens with two attached hydrogens (primary N) is 1. The predicted octanol–water partition coefficient (Wildman–Crippen LogP) is 2.61. The van der Waals surface area contributed by atoms with Crippen LogP contribution in [-0.4, -0.2) is 6.54 Å². The average Bonchev–Trinajstić information content (AvgIpc) is 2.25. The lowest BCUT2D eigenvalue weighted by molar-refractivity contribution is 0.626. The number of hydrogen-bond acceptors (Lipinski definition) is 2. The number of halogens is 1. The molecule has 0 spiro atoms. The first-order chi connectivity index (χ1) is 7.27. The van der Waals surface area contributed by atoms with E-state index in [1.54, 1.807) is 18.2 Å². The van der Waals surface area contributed by atoms with Crippen molar-refractivity contribution in [2.45, 2.75) is 6.54 Å². The summed E-state index contributed by atoms with van der Waals surface area (Å²) in [5.41, 5.74) is 15.1. The molecular formula is C10H11FN4. The van der Waals surface area contributed by atoms with Gasteiger partial charge >= 0.3 is 0 Å². The van der Waals surface area contributed by atoms with Gasteiger partial charge in [-0.15, -0.1) is 0 Å². The topological polar surface area (TPSA) is 74.8 Å². The Hall–Kier alpha value is -1.84. The second kappa shape index (κ2) is 5.80. The lowest BCUT2D eigenvalue weighted by atomic mass is 10.1. The number of benzene rings is 1. The van der Waals surface area contributed by atoms with Crippen LogP contribution in [0.15, 0.2) is 29.4 Å². The van der Waals surface area contributed by atoms with E-state index in [1.807, 2.05) is 0 Å². The highest BCUT2D eigenvalue weighted by molar-refractivity contribution is 5.54. The second-order valence-corrected chi connectivity index (χ2v) is 2.86. The van der Waals surface area contributed by atoms with Crippen LogP contribution in [0.5, 0.6) is 0 Å². The zero-order chi connectivity index (χ0) is 11.1. The van der Waals surface area contributed by atoms with Gasteiger partial charge in [0.2, 0.25) is 0 Å². The van der Waals surface area contributed by atoms with Crippen LogP contribution in [0, 0.1) is 5.82 Å². The van der Waals surface area contributed by atoms with E-state index in [0.717, 1.165) is 5.56 Å². The molecule has 1 aromatic carbocycles. The molecule has 0 bridgehead atoms. The molecule has 2 N–H and O–H groups in total. The third-order valence-electron chi connectivity index (χ3n) is 1.88. The number of hydrogen-bond donors (Lipinski definition) is 1. The van der Waals surface area contributed by atoms with E-state index < -0.39 is 0 Å². The van der Waals surface area contributed by atoms with Gasteiger partial charge in [0.1, 0.15) is 5.82 Å². The van der Waals surface area contributed by atoms with Gasteiger partial charge in [-0.25, -0.2) is 4.39 Å². The van der Waals surface area contributed by atoms with Crippen LogP contribution in [0.2, 0.25) is 0 Å². The largest absolute Gasteiger partial charge is 0.326 e. The Labute approximate surface area is 86.8 Å². The van der Waals surface area contributed by atoms with Crippen molar-refractivity contribution in [3.8, 4) is 0 Å². The van der Waals surface area contributed by atoms with Gasteiger partial charge in [-0.1, -0.05) is 23.3 Å². The molecule has 4 nitrogen and oxygen atoms in total. The Balaban J connectivity index is 2.86. The maximum atomic E-state index is 12.9. The van der Waals surface area contributed by atoms with E-state index in [-0.39, 0.29) is 12.4 Å². The lowest BCUT2D eigenvalue weighted by Gasteiger charge is -2.02. The minimum absolute atomic E-state index is 0.247. The lowest BCUT2D eigenvalue weighted by Crippen LogP contribution is -1.99. The summed E-state index contributed by atoms with van der Waals surface area (Å²) in [5.74, 6) is -0.310. The van der Waals surface area contributed by atoms with Crippen LogP contribution < -0.4 is 5.73 Å². The zero-order valence-electron chi connectivity index (χ0n) is 8.10. The van der Waals surface area contributed by atoms with Gasteiger partial charge in [-0.2, -0.15) is 0 Å². The summed E-state index contributed by atoms with van der Waals surface area (Å²) < 4.78 is 12.9. The number of nitrogens with zero attached hydrogens (tertiary/aromatic N) is 3. The zero-order valence-corrected chi connectivity index (χ0v) is 8.10. The number of rotatable bonds is 4. The van der Waals surface area contributed by atoms with Gasteiger partial charge in [-0.3, -0.25) is 0 Å². The summed E-state index contributed by atoms with van der Waals surface area (Å²) in [6.45, 7) is 0.596. The van der Waals surface area contributed by atoms with Gasteiger partial charge in [0, 0.05) is 18.0 Å². The van der Waals surface area contributed by atoms with Gasteiger partial charge in [0.05, 0.1) is 0 Å². The Morgan fingerprint density at radius 3 is 3.00 bits per heavy atom. The SMILES string of the molecule is [N-]=[N+]=NCC=Cc1cc(F)ccc1CN. The Morgan fingerprint density at radius 2 is 2.33 bits per heavy atom. The van der Waals surface area contributed by atoms with E-state index in [9.17, 15) is 4.39 Å². The molecule has 0 aliphatic heterocycles. The quantitative estimate of drug-likeness (QED) is 0.459. The molecule has 5 heteroatoms. The fourth-order valence-electron chi connectivity index (χ4n) is 1.17. The van der Waals surface area contributed by atoms with Crippen LogP contribution >= 0.6 is 0 Å². The van der Waals surface area contributed by atoms with Crippen LogP contribution in [0.1, 0.15) is 11.1 Å². The molecular weight excluding hydrogens is 195 g/mol. The van der Waals surface area contributed by atoms with E-state index in [1.165, 1.54) is 12.1 Å². The van der Waals surface area contributed by atoms with Gasteiger partial charge in [0.15, 0.2) is 0 Å². The molecule has 0 aliphatic carbocycles. The molecule has 0 aliphatic rings. The van der Waals surface area contributed by atoms with Crippen molar-refractivity contribution in [2.24, 2.45) is 10.8 Å². The summed E-state index contributed by atoms with van der Waals surface area (Å²) in [7, 11) is 0. The molecule has 1 aromatic rings. The van der Waals surface area contributed by atoms with Gasteiger partial charge in [-0.05, 0) is 28.8 Å². The molecule has 78 valence electrons. The first-order valence-corrected chi connectivity index (χ1v) is 4.44. The molecule has 1 rings (SSSR count). The minimum Gasteiger partial charge on any atom is -0.326 e. The standard InChI is InChI=1S/C10H11FN4/c11-10-4-3-9(7-12)8(6-10)2-1-5-14-15-13/h1-4,6H,5,7,12H2. The van der Waals surface area contributed by atoms with Gasteiger partial charge in [0.25, 0.3) is 0 Å². The molecule has 0 radical (unpaired) electrons. The van der Waals surface area contributed by atoms with Crippen LogP contribution in [0.3, 0.4) is 0 Å². The highest BCUT2D eigenvalue weighted by Gasteiger charge is 1.98. The molecule has 0 aromatic heterocycles. The van der Waals surface area contributed by atoms with Crippen molar-refractivity contribution in [1.29, 1.82) is 0 Å². The van der Waals surface area contributed by atoms with E-state index in [4.69, 9.17) is 11.3 Å². The third-order valence-corrected chi connectivity index (χ3v) is 1.88. The highest BCUT2D eigenvalue weighted by Crippen LogP contribution is 2.12. The highest BCUT2D eigenvalue weighted by atomic mass is 19.1. The molecule has 0 fully saturated rings. The Bertz CT molecular complexity index is 408. The monoisotopic (exact) mass is 206 g/mol. The molecule has 0 heterocycles.